The van der Waals surface area contributed by atoms with Gasteiger partial charge in [-0.15, -0.1) is 0 Å². The quantitative estimate of drug-likeness (QED) is 0.751. The van der Waals surface area contributed by atoms with Gasteiger partial charge in [0.25, 0.3) is 0 Å². The van der Waals surface area contributed by atoms with E-state index < -0.39 is 0 Å². The predicted octanol–water partition coefficient (Wildman–Crippen LogP) is 4.53. The Morgan fingerprint density at radius 3 is 1.86 bits per heavy atom. The molecule has 0 N–H and O–H groups in total. The van der Waals surface area contributed by atoms with Crippen molar-refractivity contribution in [3.8, 4) is 0 Å². The second kappa shape index (κ2) is 6.56. The second-order valence-electron chi connectivity index (χ2n) is 6.49. The molecular weight excluding hydrogens is 256 g/mol. The molecule has 0 saturated heterocycles. The van der Waals surface area contributed by atoms with Crippen LogP contribution in [0.15, 0.2) is 60.2 Å². The number of benzene rings is 2. The van der Waals surface area contributed by atoms with Gasteiger partial charge in [-0.2, -0.15) is 0 Å². The van der Waals surface area contributed by atoms with Crippen LogP contribution in [0.3, 0.4) is 0 Å². The van der Waals surface area contributed by atoms with Crippen LogP contribution in [0.1, 0.15) is 37.5 Å². The van der Waals surface area contributed by atoms with E-state index in [-0.39, 0.29) is 5.41 Å². The van der Waals surface area contributed by atoms with Gasteiger partial charge in [-0.25, -0.2) is 4.79 Å². The minimum absolute atomic E-state index is 0.159. The van der Waals surface area contributed by atoms with Gasteiger partial charge in [-0.05, 0) is 22.1 Å². The highest BCUT2D eigenvalue weighted by Gasteiger charge is 2.13. The van der Waals surface area contributed by atoms with Crippen LogP contribution in [0, 0.1) is 0 Å². The largest absolute Gasteiger partial charge is 0.234 e. The summed E-state index contributed by atoms with van der Waals surface area (Å²) in [7, 11) is 0. The van der Waals surface area contributed by atoms with E-state index in [1.807, 2.05) is 30.3 Å². The van der Waals surface area contributed by atoms with Gasteiger partial charge in [0, 0.05) is 18.4 Å². The summed E-state index contributed by atoms with van der Waals surface area (Å²) >= 11 is 0. The second-order valence-corrected chi connectivity index (χ2v) is 6.49. The third-order valence-corrected chi connectivity index (χ3v) is 3.64. The van der Waals surface area contributed by atoms with E-state index in [2.05, 4.69) is 51.0 Å². The monoisotopic (exact) mass is 278 g/mol. The topological polar surface area (TPSA) is 17.1 Å². The predicted molar refractivity (Wildman–Crippen MR) is 88.2 cm³/mol. The number of rotatable bonds is 4. The van der Waals surface area contributed by atoms with Crippen molar-refractivity contribution in [2.45, 2.75) is 39.0 Å². The summed E-state index contributed by atoms with van der Waals surface area (Å²) in [6.45, 7) is 6.61. The summed E-state index contributed by atoms with van der Waals surface area (Å²) in [6, 6.07) is 18.6. The molecular formula is C20H22O. The molecule has 1 nitrogen and oxygen atoms in total. The van der Waals surface area contributed by atoms with Gasteiger partial charge in [-0.3, -0.25) is 0 Å². The third-order valence-electron chi connectivity index (χ3n) is 3.64. The molecule has 0 saturated carbocycles. The molecule has 0 aliphatic carbocycles. The van der Waals surface area contributed by atoms with Crippen LogP contribution >= 0.6 is 0 Å². The van der Waals surface area contributed by atoms with Crippen LogP contribution in [0.25, 0.3) is 0 Å². The molecule has 0 amide bonds. The first kappa shape index (κ1) is 15.3. The smallest absolute Gasteiger partial charge is 0.124 e. The van der Waals surface area contributed by atoms with E-state index in [4.69, 9.17) is 0 Å². The molecule has 0 aromatic heterocycles. The standard InChI is InChI=1S/C20H22O/c1-20(2,3)19-11-9-17(10-12-19)14-18(15-21)13-16-7-5-4-6-8-16/h4-12H,13-14H2,1-3H3. The number of hydrogen-bond donors (Lipinski definition) is 0. The lowest BCUT2D eigenvalue weighted by molar-refractivity contribution is 0.565. The lowest BCUT2D eigenvalue weighted by atomic mass is 9.86. The molecule has 0 aliphatic rings. The highest BCUT2D eigenvalue weighted by Crippen LogP contribution is 2.23. The lowest BCUT2D eigenvalue weighted by Gasteiger charge is -2.19. The highest BCUT2D eigenvalue weighted by molar-refractivity contribution is 5.55. The van der Waals surface area contributed by atoms with E-state index in [1.165, 1.54) is 5.56 Å². The minimum atomic E-state index is 0.159. The van der Waals surface area contributed by atoms with Gasteiger partial charge in [0.05, 0.1) is 0 Å². The maximum Gasteiger partial charge on any atom is 0.124 e. The first-order chi connectivity index (χ1) is 9.99. The summed E-state index contributed by atoms with van der Waals surface area (Å²) in [4.78, 5) is 11.2. The molecule has 0 fully saturated rings. The maximum atomic E-state index is 11.2. The highest BCUT2D eigenvalue weighted by atomic mass is 16.1. The molecule has 0 bridgehead atoms. The Bertz CT molecular complexity index is 624. The van der Waals surface area contributed by atoms with Crippen LogP contribution in [0.2, 0.25) is 0 Å². The van der Waals surface area contributed by atoms with Gasteiger partial charge in [0.2, 0.25) is 0 Å². The molecule has 0 atom stereocenters. The lowest BCUT2D eigenvalue weighted by Crippen LogP contribution is -2.10. The van der Waals surface area contributed by atoms with Crippen molar-refractivity contribution in [3.05, 3.63) is 76.9 Å². The van der Waals surface area contributed by atoms with Gasteiger partial charge in [-0.1, -0.05) is 75.4 Å². The summed E-state index contributed by atoms with van der Waals surface area (Å²) < 4.78 is 0. The molecule has 0 aliphatic heterocycles. The Hall–Kier alpha value is -2.11. The van der Waals surface area contributed by atoms with E-state index in [1.54, 1.807) is 0 Å². The molecule has 0 unspecified atom stereocenters. The van der Waals surface area contributed by atoms with E-state index >= 15 is 0 Å². The Morgan fingerprint density at radius 2 is 1.38 bits per heavy atom. The molecule has 2 rings (SSSR count). The van der Waals surface area contributed by atoms with Gasteiger partial charge in [0.1, 0.15) is 5.94 Å². The van der Waals surface area contributed by atoms with Crippen LogP contribution in [-0.4, -0.2) is 5.94 Å². The summed E-state index contributed by atoms with van der Waals surface area (Å²) in [5, 5.41) is 0. The zero-order valence-electron chi connectivity index (χ0n) is 13.0. The summed E-state index contributed by atoms with van der Waals surface area (Å²) in [6.07, 6.45) is 1.34. The number of allylic oxidation sites excluding steroid dienone is 1. The molecule has 0 heterocycles. The van der Waals surface area contributed by atoms with Gasteiger partial charge in [0.15, 0.2) is 0 Å². The average Bonchev–Trinajstić information content (AvgIpc) is 2.47. The van der Waals surface area contributed by atoms with Crippen molar-refractivity contribution in [2.75, 3.05) is 0 Å². The molecule has 2 aromatic rings. The Balaban J connectivity index is 2.08. The number of carbonyl (C=O) groups excluding carboxylic acids is 1. The zero-order chi connectivity index (χ0) is 15.3. The third kappa shape index (κ3) is 4.44. The van der Waals surface area contributed by atoms with E-state index in [0.29, 0.717) is 12.8 Å². The van der Waals surface area contributed by atoms with Crippen molar-refractivity contribution < 1.29 is 4.79 Å². The molecule has 1 heteroatoms. The van der Waals surface area contributed by atoms with Crippen molar-refractivity contribution in [3.63, 3.8) is 0 Å². The fourth-order valence-electron chi connectivity index (χ4n) is 2.35. The molecule has 0 spiro atoms. The van der Waals surface area contributed by atoms with Gasteiger partial charge >= 0.3 is 0 Å². The zero-order valence-corrected chi connectivity index (χ0v) is 13.0. The SMILES string of the molecule is CC(C)(C)c1ccc(CC(=C=O)Cc2ccccc2)cc1. The Labute approximate surface area is 127 Å². The van der Waals surface area contributed by atoms with Crippen molar-refractivity contribution in [2.24, 2.45) is 0 Å². The summed E-state index contributed by atoms with van der Waals surface area (Å²) in [5.41, 5.74) is 4.58. The fraction of sp³-hybridized carbons (Fsp3) is 0.300. The normalized spacial score (nSPS) is 11.0. The number of hydrogen-bond acceptors (Lipinski definition) is 1. The van der Waals surface area contributed by atoms with Crippen molar-refractivity contribution >= 4 is 5.94 Å². The Morgan fingerprint density at radius 1 is 0.857 bits per heavy atom. The molecule has 21 heavy (non-hydrogen) atoms. The first-order valence-electron chi connectivity index (χ1n) is 7.35. The minimum Gasteiger partial charge on any atom is -0.234 e. The molecule has 108 valence electrons. The van der Waals surface area contributed by atoms with Crippen LogP contribution < -0.4 is 0 Å². The first-order valence-corrected chi connectivity index (χ1v) is 7.35. The average molecular weight is 278 g/mol. The van der Waals surface area contributed by atoms with Crippen LogP contribution in [0.4, 0.5) is 0 Å². The summed E-state index contributed by atoms with van der Waals surface area (Å²) in [5.74, 6) is 2.11. The van der Waals surface area contributed by atoms with Crippen molar-refractivity contribution in [1.29, 1.82) is 0 Å². The molecule has 2 aromatic carbocycles. The molecule has 0 radical (unpaired) electrons. The maximum absolute atomic E-state index is 11.2. The van der Waals surface area contributed by atoms with Crippen LogP contribution in [-0.2, 0) is 23.1 Å². The van der Waals surface area contributed by atoms with Crippen molar-refractivity contribution in [1.82, 2.24) is 0 Å². The van der Waals surface area contributed by atoms with E-state index in [9.17, 15) is 4.79 Å². The van der Waals surface area contributed by atoms with E-state index in [0.717, 1.165) is 16.7 Å². The Kier molecular flexibility index (Phi) is 4.77. The van der Waals surface area contributed by atoms with Gasteiger partial charge < -0.3 is 0 Å². The fourth-order valence-corrected chi connectivity index (χ4v) is 2.35. The van der Waals surface area contributed by atoms with Crippen LogP contribution in [0.5, 0.6) is 0 Å².